The number of hydrogen-bond acceptors (Lipinski definition) is 6. The van der Waals surface area contributed by atoms with Crippen LogP contribution in [0.2, 0.25) is 0 Å². The smallest absolute Gasteiger partial charge is 0.318 e. The van der Waals surface area contributed by atoms with Crippen LogP contribution in [0.3, 0.4) is 0 Å². The number of morpholine rings is 1. The zero-order valence-electron chi connectivity index (χ0n) is 15.5. The number of nitrogens with zero attached hydrogens (tertiary/aromatic N) is 3. The van der Waals surface area contributed by atoms with Crippen LogP contribution in [0, 0.1) is 0 Å². The Hall–Kier alpha value is -1.23. The van der Waals surface area contributed by atoms with Crippen molar-refractivity contribution >= 4 is 21.9 Å². The van der Waals surface area contributed by atoms with E-state index in [1.54, 1.807) is 0 Å². The fourth-order valence-electron chi connectivity index (χ4n) is 3.48. The maximum absolute atomic E-state index is 12.6. The average molecular weight is 391 g/mol. The molecule has 2 aliphatic heterocycles. The number of carbonyl (C=O) groups excluding carboxylic acids is 1. The number of ether oxygens (including phenoxy) is 1. The summed E-state index contributed by atoms with van der Waals surface area (Å²) < 4.78 is 30.0. The number of sulfonamides is 1. The van der Waals surface area contributed by atoms with Crippen molar-refractivity contribution in [2.75, 3.05) is 52.1 Å². The summed E-state index contributed by atoms with van der Waals surface area (Å²) in [6.07, 6.45) is 3.73. The second-order valence-electron chi connectivity index (χ2n) is 7.11. The summed E-state index contributed by atoms with van der Waals surface area (Å²) in [6, 6.07) is 0.254. The van der Waals surface area contributed by atoms with Gasteiger partial charge >= 0.3 is 5.97 Å². The van der Waals surface area contributed by atoms with E-state index in [1.165, 1.54) is 0 Å². The largest absolute Gasteiger partial charge is 0.480 e. The molecule has 2 atom stereocenters. The molecule has 0 radical (unpaired) electrons. The Morgan fingerprint density at radius 2 is 2.00 bits per heavy atom. The van der Waals surface area contributed by atoms with Crippen LogP contribution in [0.4, 0.5) is 0 Å². The Labute approximate surface area is 154 Å². The van der Waals surface area contributed by atoms with Gasteiger partial charge in [0.25, 0.3) is 0 Å². The molecule has 10 heteroatoms. The SMILES string of the molecule is CC1CCCCN1C(=O)CN1CCOC(CN(CC(=O)O)S(C)(=O)=O)C1. The lowest BCUT2D eigenvalue weighted by Crippen LogP contribution is -2.53. The fourth-order valence-corrected chi connectivity index (χ4v) is 4.26. The number of piperidine rings is 1. The Morgan fingerprint density at radius 3 is 2.62 bits per heavy atom. The van der Waals surface area contributed by atoms with Crippen molar-refractivity contribution < 1.29 is 27.9 Å². The van der Waals surface area contributed by atoms with E-state index in [0.717, 1.165) is 36.4 Å². The molecule has 2 unspecified atom stereocenters. The van der Waals surface area contributed by atoms with Gasteiger partial charge in [0.1, 0.15) is 6.54 Å². The van der Waals surface area contributed by atoms with E-state index < -0.39 is 28.6 Å². The molecule has 0 aromatic rings. The first-order valence-corrected chi connectivity index (χ1v) is 10.8. The third-order valence-electron chi connectivity index (χ3n) is 4.89. The highest BCUT2D eigenvalue weighted by atomic mass is 32.2. The van der Waals surface area contributed by atoms with Crippen molar-refractivity contribution in [2.45, 2.75) is 38.3 Å². The first kappa shape index (κ1) is 21.1. The lowest BCUT2D eigenvalue weighted by molar-refractivity contribution is -0.138. The van der Waals surface area contributed by atoms with Crippen LogP contribution in [-0.2, 0) is 24.3 Å². The zero-order chi connectivity index (χ0) is 19.3. The molecule has 0 spiro atoms. The molecule has 0 saturated carbocycles. The Bertz CT molecular complexity index is 611. The van der Waals surface area contributed by atoms with Crippen LogP contribution in [0.25, 0.3) is 0 Å². The zero-order valence-corrected chi connectivity index (χ0v) is 16.3. The summed E-state index contributed by atoms with van der Waals surface area (Å²) in [5, 5.41) is 8.91. The number of hydrogen-bond donors (Lipinski definition) is 1. The quantitative estimate of drug-likeness (QED) is 0.619. The summed E-state index contributed by atoms with van der Waals surface area (Å²) >= 11 is 0. The molecule has 0 aromatic heterocycles. The molecule has 2 fully saturated rings. The molecule has 1 N–H and O–H groups in total. The minimum atomic E-state index is -3.65. The number of likely N-dealkylation sites (tertiary alicyclic amines) is 1. The molecule has 0 aromatic carbocycles. The van der Waals surface area contributed by atoms with Gasteiger partial charge in [-0.25, -0.2) is 8.42 Å². The molecule has 0 bridgehead atoms. The first-order valence-electron chi connectivity index (χ1n) is 8.97. The van der Waals surface area contributed by atoms with E-state index in [0.29, 0.717) is 19.7 Å². The van der Waals surface area contributed by atoms with Gasteiger partial charge in [0, 0.05) is 32.2 Å². The Balaban J connectivity index is 1.91. The number of aliphatic carboxylic acids is 1. The van der Waals surface area contributed by atoms with Gasteiger partial charge in [-0.3, -0.25) is 14.5 Å². The van der Waals surface area contributed by atoms with Crippen molar-refractivity contribution in [2.24, 2.45) is 0 Å². The second kappa shape index (κ2) is 9.12. The van der Waals surface area contributed by atoms with Crippen molar-refractivity contribution in [1.82, 2.24) is 14.1 Å². The lowest BCUT2D eigenvalue weighted by Gasteiger charge is -2.38. The van der Waals surface area contributed by atoms with E-state index >= 15 is 0 Å². The van der Waals surface area contributed by atoms with Gasteiger partial charge in [0.05, 0.1) is 25.5 Å². The van der Waals surface area contributed by atoms with Crippen molar-refractivity contribution in [3.63, 3.8) is 0 Å². The Kier molecular flexibility index (Phi) is 7.39. The molecule has 2 aliphatic rings. The molecule has 0 aliphatic carbocycles. The van der Waals surface area contributed by atoms with Gasteiger partial charge in [0.15, 0.2) is 0 Å². The third-order valence-corrected chi connectivity index (χ3v) is 6.11. The van der Waals surface area contributed by atoms with Crippen LogP contribution in [0.1, 0.15) is 26.2 Å². The van der Waals surface area contributed by atoms with Crippen molar-refractivity contribution in [3.05, 3.63) is 0 Å². The summed E-state index contributed by atoms with van der Waals surface area (Å²) in [7, 11) is -3.65. The molecule has 26 heavy (non-hydrogen) atoms. The number of amides is 1. The lowest BCUT2D eigenvalue weighted by atomic mass is 10.0. The molecular weight excluding hydrogens is 362 g/mol. The highest BCUT2D eigenvalue weighted by Gasteiger charge is 2.30. The van der Waals surface area contributed by atoms with Crippen molar-refractivity contribution in [1.29, 1.82) is 0 Å². The van der Waals surface area contributed by atoms with Crippen LogP contribution in [0.15, 0.2) is 0 Å². The van der Waals surface area contributed by atoms with Crippen LogP contribution >= 0.6 is 0 Å². The first-order chi connectivity index (χ1) is 12.2. The van der Waals surface area contributed by atoms with Gasteiger partial charge in [-0.1, -0.05) is 0 Å². The summed E-state index contributed by atoms with van der Waals surface area (Å²) in [4.78, 5) is 27.4. The summed E-state index contributed by atoms with van der Waals surface area (Å²) in [5.74, 6) is -1.12. The Morgan fingerprint density at radius 1 is 1.27 bits per heavy atom. The predicted molar refractivity (Wildman–Crippen MR) is 95.3 cm³/mol. The molecule has 2 saturated heterocycles. The normalized spacial score (nSPS) is 25.4. The van der Waals surface area contributed by atoms with Crippen LogP contribution in [-0.4, -0.2) is 104 Å². The highest BCUT2D eigenvalue weighted by molar-refractivity contribution is 7.88. The monoisotopic (exact) mass is 391 g/mol. The molecule has 2 rings (SSSR count). The molecule has 1 amide bonds. The van der Waals surface area contributed by atoms with Gasteiger partial charge < -0.3 is 14.7 Å². The number of carboxylic acid groups (broad SMARTS) is 1. The fraction of sp³-hybridized carbons (Fsp3) is 0.875. The van der Waals surface area contributed by atoms with Gasteiger partial charge in [0.2, 0.25) is 15.9 Å². The predicted octanol–water partition coefficient (Wildman–Crippen LogP) is -0.566. The highest BCUT2D eigenvalue weighted by Crippen LogP contribution is 2.17. The standard InChI is InChI=1S/C16H29N3O6S/c1-13-5-3-4-6-19(13)15(20)11-17-7-8-25-14(9-17)10-18(12-16(21)22)26(2,23)24/h13-14H,3-12H2,1-2H3,(H,21,22). The minimum Gasteiger partial charge on any atom is -0.480 e. The maximum Gasteiger partial charge on any atom is 0.318 e. The van der Waals surface area contributed by atoms with Gasteiger partial charge in [-0.05, 0) is 26.2 Å². The molecule has 2 heterocycles. The maximum atomic E-state index is 12.6. The van der Waals surface area contributed by atoms with Crippen LogP contribution < -0.4 is 0 Å². The van der Waals surface area contributed by atoms with E-state index in [2.05, 4.69) is 6.92 Å². The van der Waals surface area contributed by atoms with Crippen LogP contribution in [0.5, 0.6) is 0 Å². The summed E-state index contributed by atoms with van der Waals surface area (Å²) in [6.45, 7) is 3.89. The number of rotatable bonds is 7. The molecule has 9 nitrogen and oxygen atoms in total. The minimum absolute atomic E-state index is 0.0318. The van der Waals surface area contributed by atoms with E-state index in [9.17, 15) is 18.0 Å². The van der Waals surface area contributed by atoms with E-state index in [1.807, 2.05) is 9.80 Å². The molecule has 150 valence electrons. The number of carboxylic acids is 1. The number of carbonyl (C=O) groups is 2. The average Bonchev–Trinajstić information content (AvgIpc) is 2.53. The summed E-state index contributed by atoms with van der Waals surface area (Å²) in [5.41, 5.74) is 0. The topological polar surface area (TPSA) is 107 Å². The van der Waals surface area contributed by atoms with Gasteiger partial charge in [-0.15, -0.1) is 0 Å². The van der Waals surface area contributed by atoms with Crippen molar-refractivity contribution in [3.8, 4) is 0 Å². The van der Waals surface area contributed by atoms with Gasteiger partial charge in [-0.2, -0.15) is 4.31 Å². The molecular formula is C16H29N3O6S. The van der Waals surface area contributed by atoms with E-state index in [4.69, 9.17) is 9.84 Å². The third kappa shape index (κ3) is 6.19. The second-order valence-corrected chi connectivity index (χ2v) is 9.09. The van der Waals surface area contributed by atoms with E-state index in [-0.39, 0.29) is 25.0 Å².